The Morgan fingerprint density at radius 1 is 1.50 bits per heavy atom. The van der Waals surface area contributed by atoms with Crippen LogP contribution in [0, 0.1) is 24.2 Å². The summed E-state index contributed by atoms with van der Waals surface area (Å²) in [5.41, 5.74) is 3.77. The van der Waals surface area contributed by atoms with Gasteiger partial charge in [-0.1, -0.05) is 6.92 Å². The lowest BCUT2D eigenvalue weighted by Crippen LogP contribution is -2.48. The molecule has 0 saturated carbocycles. The Morgan fingerprint density at radius 3 is 3.11 bits per heavy atom. The lowest BCUT2D eigenvalue weighted by molar-refractivity contribution is -0.132. The number of nitrogens with one attached hydrogen (secondary N) is 2. The first-order valence-electron chi connectivity index (χ1n) is 9.35. The van der Waals surface area contributed by atoms with E-state index in [9.17, 15) is 4.79 Å². The van der Waals surface area contributed by atoms with Gasteiger partial charge in [-0.3, -0.25) is 4.79 Å². The molecule has 28 heavy (non-hydrogen) atoms. The Hall–Kier alpha value is -2.92. The molecule has 2 N–H and O–H groups in total. The highest BCUT2D eigenvalue weighted by Gasteiger charge is 2.29. The van der Waals surface area contributed by atoms with Crippen molar-refractivity contribution in [3.8, 4) is 16.6 Å². The topological polar surface area (TPSA) is 97.7 Å². The van der Waals surface area contributed by atoms with Crippen molar-refractivity contribution >= 4 is 34.0 Å². The highest BCUT2D eigenvalue weighted by atomic mass is 32.1. The number of likely N-dealkylation sites (tertiary alicyclic amines) is 1. The minimum Gasteiger partial charge on any atom is -0.379 e. The van der Waals surface area contributed by atoms with Crippen molar-refractivity contribution < 1.29 is 4.79 Å². The summed E-state index contributed by atoms with van der Waals surface area (Å²) < 4.78 is 0. The number of amides is 1. The van der Waals surface area contributed by atoms with Crippen LogP contribution in [0.25, 0.3) is 21.6 Å². The van der Waals surface area contributed by atoms with Crippen molar-refractivity contribution in [2.24, 2.45) is 5.92 Å². The maximum atomic E-state index is 12.3. The zero-order chi connectivity index (χ0) is 19.7. The Labute approximate surface area is 167 Å². The summed E-state index contributed by atoms with van der Waals surface area (Å²) in [7, 11) is 0. The van der Waals surface area contributed by atoms with Crippen LogP contribution in [-0.2, 0) is 4.79 Å². The van der Waals surface area contributed by atoms with E-state index in [-0.39, 0.29) is 18.4 Å². The number of carbonyl (C=O) groups excluding carboxylic acids is 1. The number of aromatic amines is 1. The fourth-order valence-electron chi connectivity index (χ4n) is 3.85. The molecule has 0 spiro atoms. The summed E-state index contributed by atoms with van der Waals surface area (Å²) in [6.07, 6.45) is 4.62. The van der Waals surface area contributed by atoms with Crippen molar-refractivity contribution in [3.05, 3.63) is 29.5 Å². The molecular weight excluding hydrogens is 372 g/mol. The van der Waals surface area contributed by atoms with Crippen LogP contribution in [0.2, 0.25) is 0 Å². The molecule has 2 atom stereocenters. The van der Waals surface area contributed by atoms with Crippen LogP contribution < -0.4 is 5.32 Å². The molecule has 1 saturated heterocycles. The number of thiazole rings is 1. The number of carbonyl (C=O) groups is 1. The van der Waals surface area contributed by atoms with Gasteiger partial charge in [-0.2, -0.15) is 5.26 Å². The third-order valence-corrected chi connectivity index (χ3v) is 6.02. The molecule has 3 aromatic rings. The van der Waals surface area contributed by atoms with Gasteiger partial charge in [0.1, 0.15) is 17.1 Å². The molecule has 1 amide bonds. The third-order valence-electron chi connectivity index (χ3n) is 5.03. The van der Waals surface area contributed by atoms with Gasteiger partial charge in [0.05, 0.1) is 17.3 Å². The van der Waals surface area contributed by atoms with Crippen LogP contribution in [0.4, 0.5) is 5.69 Å². The second kappa shape index (κ2) is 7.60. The van der Waals surface area contributed by atoms with Crippen LogP contribution in [0.15, 0.2) is 23.8 Å². The van der Waals surface area contributed by atoms with Gasteiger partial charge in [0.15, 0.2) is 0 Å². The van der Waals surface area contributed by atoms with E-state index in [1.54, 1.807) is 16.2 Å². The van der Waals surface area contributed by atoms with Gasteiger partial charge in [0, 0.05) is 48.0 Å². The zero-order valence-electron chi connectivity index (χ0n) is 15.9. The first-order chi connectivity index (χ1) is 13.5. The van der Waals surface area contributed by atoms with Crippen molar-refractivity contribution in [1.29, 1.82) is 5.26 Å². The Morgan fingerprint density at radius 2 is 2.36 bits per heavy atom. The molecule has 0 bridgehead atoms. The molecule has 0 aliphatic carbocycles. The molecule has 1 aliphatic heterocycles. The van der Waals surface area contributed by atoms with Gasteiger partial charge in [-0.15, -0.1) is 11.3 Å². The quantitative estimate of drug-likeness (QED) is 0.705. The van der Waals surface area contributed by atoms with Crippen molar-refractivity contribution in [3.63, 3.8) is 0 Å². The predicted octanol–water partition coefficient (Wildman–Crippen LogP) is 3.56. The number of pyridine rings is 1. The van der Waals surface area contributed by atoms with E-state index in [2.05, 4.69) is 27.2 Å². The fourth-order valence-corrected chi connectivity index (χ4v) is 4.66. The molecular formula is C20H22N6OS. The van der Waals surface area contributed by atoms with Crippen LogP contribution in [0.1, 0.15) is 25.5 Å². The molecule has 0 aromatic carbocycles. The lowest BCUT2D eigenvalue weighted by Gasteiger charge is -2.37. The molecule has 3 aromatic heterocycles. The minimum absolute atomic E-state index is 0.0691. The predicted molar refractivity (Wildman–Crippen MR) is 110 cm³/mol. The first-order valence-corrected chi connectivity index (χ1v) is 10.2. The summed E-state index contributed by atoms with van der Waals surface area (Å²) >= 11 is 1.60. The van der Waals surface area contributed by atoms with Gasteiger partial charge >= 0.3 is 0 Å². The summed E-state index contributed by atoms with van der Waals surface area (Å²) in [6, 6.07) is 4.08. The average molecular weight is 395 g/mol. The Bertz CT molecular complexity index is 1050. The van der Waals surface area contributed by atoms with E-state index in [4.69, 9.17) is 5.26 Å². The number of nitriles is 1. The normalized spacial score (nSPS) is 19.5. The first kappa shape index (κ1) is 18.4. The van der Waals surface area contributed by atoms with Gasteiger partial charge < -0.3 is 15.2 Å². The van der Waals surface area contributed by atoms with Crippen molar-refractivity contribution in [2.75, 3.05) is 18.4 Å². The standard InChI is InChI=1S/C20H22N6OS/c1-12-7-14(10-26(9-12)17(27)3-5-21)25-18-15-4-6-22-19(15)23-8-16(18)20-24-13(2)11-28-20/h4,6,8,11-12,14H,3,7,9-10H2,1-2H3,(H2,22,23,25)/t12-,14+/m0/s1. The number of fused-ring (bicyclic) bond motifs is 1. The van der Waals surface area contributed by atoms with Gasteiger partial charge in [-0.25, -0.2) is 9.97 Å². The van der Waals surface area contributed by atoms with Gasteiger partial charge in [-0.05, 0) is 25.3 Å². The van der Waals surface area contributed by atoms with E-state index < -0.39 is 0 Å². The summed E-state index contributed by atoms with van der Waals surface area (Å²) in [5, 5.41) is 16.5. The summed E-state index contributed by atoms with van der Waals surface area (Å²) in [5.74, 6) is 0.265. The Balaban J connectivity index is 1.67. The van der Waals surface area contributed by atoms with Gasteiger partial charge in [0.2, 0.25) is 5.91 Å². The van der Waals surface area contributed by atoms with E-state index >= 15 is 0 Å². The van der Waals surface area contributed by atoms with Crippen molar-refractivity contribution in [2.45, 2.75) is 32.7 Å². The molecule has 144 valence electrons. The second-order valence-corrected chi connectivity index (χ2v) is 8.25. The number of hydrogen-bond acceptors (Lipinski definition) is 6. The highest BCUT2D eigenvalue weighted by Crippen LogP contribution is 2.36. The molecule has 0 radical (unpaired) electrons. The molecule has 4 rings (SSSR count). The zero-order valence-corrected chi connectivity index (χ0v) is 16.7. The summed E-state index contributed by atoms with van der Waals surface area (Å²) in [4.78, 5) is 26.4. The van der Waals surface area contributed by atoms with E-state index in [0.29, 0.717) is 19.0 Å². The van der Waals surface area contributed by atoms with Gasteiger partial charge in [0.25, 0.3) is 0 Å². The molecule has 7 nitrogen and oxygen atoms in total. The number of hydrogen-bond donors (Lipinski definition) is 2. The number of H-pyrrole nitrogens is 1. The van der Waals surface area contributed by atoms with E-state index in [1.165, 1.54) is 0 Å². The number of aryl methyl sites for hydroxylation is 1. The molecule has 4 heterocycles. The van der Waals surface area contributed by atoms with Crippen LogP contribution >= 0.6 is 11.3 Å². The number of aromatic nitrogens is 3. The van der Waals surface area contributed by atoms with Crippen LogP contribution in [0.3, 0.4) is 0 Å². The second-order valence-electron chi connectivity index (χ2n) is 7.40. The number of piperidine rings is 1. The smallest absolute Gasteiger partial charge is 0.236 e. The van der Waals surface area contributed by atoms with Crippen LogP contribution in [0.5, 0.6) is 0 Å². The van der Waals surface area contributed by atoms with E-state index in [1.807, 2.05) is 36.8 Å². The molecule has 1 aliphatic rings. The fraction of sp³-hybridized carbons (Fsp3) is 0.400. The Kier molecular flexibility index (Phi) is 5.01. The largest absolute Gasteiger partial charge is 0.379 e. The number of rotatable bonds is 4. The SMILES string of the molecule is Cc1csc(-c2cnc3[nH]ccc3c2N[C@@H]2C[C@H](C)CN(C(=O)CC#N)C2)n1. The third kappa shape index (κ3) is 3.58. The maximum absolute atomic E-state index is 12.3. The monoisotopic (exact) mass is 394 g/mol. The number of anilines is 1. The van der Waals surface area contributed by atoms with Crippen LogP contribution in [-0.4, -0.2) is 44.9 Å². The molecule has 1 fully saturated rings. The highest BCUT2D eigenvalue weighted by molar-refractivity contribution is 7.13. The van der Waals surface area contributed by atoms with Crippen molar-refractivity contribution in [1.82, 2.24) is 19.9 Å². The average Bonchev–Trinajstić information content (AvgIpc) is 3.30. The maximum Gasteiger partial charge on any atom is 0.236 e. The lowest BCUT2D eigenvalue weighted by atomic mass is 9.95. The molecule has 0 unspecified atom stereocenters. The number of nitrogens with zero attached hydrogens (tertiary/aromatic N) is 4. The van der Waals surface area contributed by atoms with E-state index in [0.717, 1.165) is 39.4 Å². The summed E-state index contributed by atoms with van der Waals surface area (Å²) in [6.45, 7) is 5.42. The molecule has 8 heteroatoms. The minimum atomic E-state index is -0.0989.